The van der Waals surface area contributed by atoms with Crippen LogP contribution in [-0.2, 0) is 10.5 Å². The molecule has 0 radical (unpaired) electrons. The summed E-state index contributed by atoms with van der Waals surface area (Å²) >= 11 is 1.57. The van der Waals surface area contributed by atoms with Gasteiger partial charge in [-0.05, 0) is 30.5 Å². The Morgan fingerprint density at radius 3 is 2.44 bits per heavy atom. The summed E-state index contributed by atoms with van der Waals surface area (Å²) in [7, 11) is 1.64. The van der Waals surface area contributed by atoms with E-state index < -0.39 is 10.7 Å². The lowest BCUT2D eigenvalue weighted by atomic mass is 10.1. The number of aliphatic carboxylic acids is 1. The minimum absolute atomic E-state index is 0.556. The van der Waals surface area contributed by atoms with Gasteiger partial charge in [0.25, 0.3) is 0 Å². The van der Waals surface area contributed by atoms with E-state index in [1.807, 2.05) is 24.3 Å². The van der Waals surface area contributed by atoms with Crippen molar-refractivity contribution < 1.29 is 14.6 Å². The van der Waals surface area contributed by atoms with Gasteiger partial charge in [-0.3, -0.25) is 4.79 Å². The van der Waals surface area contributed by atoms with Crippen molar-refractivity contribution in [1.82, 2.24) is 0 Å². The molecule has 1 aromatic carbocycles. The number of benzene rings is 1. The summed E-state index contributed by atoms with van der Waals surface area (Å²) in [6.45, 7) is 0. The van der Waals surface area contributed by atoms with Crippen LogP contribution in [0.15, 0.2) is 24.3 Å². The highest BCUT2D eigenvalue weighted by atomic mass is 32.2. The Kier molecular flexibility index (Phi) is 4.17. The number of carboxylic acid groups (broad SMARTS) is 1. The van der Waals surface area contributed by atoms with Gasteiger partial charge in [0.15, 0.2) is 0 Å². The molecule has 1 fully saturated rings. The second-order valence-corrected chi connectivity index (χ2v) is 6.00. The first-order valence-corrected chi connectivity index (χ1v) is 7.15. The molecule has 1 aliphatic rings. The topological polar surface area (TPSA) is 46.5 Å². The molecule has 98 valence electrons. The van der Waals surface area contributed by atoms with E-state index in [1.54, 1.807) is 18.9 Å². The zero-order valence-corrected chi connectivity index (χ0v) is 11.3. The van der Waals surface area contributed by atoms with E-state index >= 15 is 0 Å². The summed E-state index contributed by atoms with van der Waals surface area (Å²) in [4.78, 5) is 11.4. The maximum absolute atomic E-state index is 11.4. The molecule has 0 amide bonds. The fourth-order valence-electron chi connectivity index (χ4n) is 2.31. The van der Waals surface area contributed by atoms with Gasteiger partial charge in [0.2, 0.25) is 0 Å². The second kappa shape index (κ2) is 5.65. The zero-order chi connectivity index (χ0) is 13.0. The first kappa shape index (κ1) is 13.3. The van der Waals surface area contributed by atoms with Crippen LogP contribution >= 0.6 is 11.8 Å². The Hall–Kier alpha value is -1.16. The SMILES string of the molecule is COc1ccc(CSC2(C(=O)O)CCCC2)cc1. The molecule has 0 heterocycles. The molecule has 0 aliphatic heterocycles. The summed E-state index contributed by atoms with van der Waals surface area (Å²) in [5.41, 5.74) is 1.15. The molecule has 0 saturated heterocycles. The van der Waals surface area contributed by atoms with Gasteiger partial charge in [-0.1, -0.05) is 25.0 Å². The van der Waals surface area contributed by atoms with Gasteiger partial charge in [-0.15, -0.1) is 11.8 Å². The van der Waals surface area contributed by atoms with Gasteiger partial charge in [0, 0.05) is 5.75 Å². The van der Waals surface area contributed by atoms with Crippen molar-refractivity contribution in [2.75, 3.05) is 7.11 Å². The molecule has 0 unspecified atom stereocenters. The molecule has 2 rings (SSSR count). The molecule has 4 heteroatoms. The number of carboxylic acids is 1. The summed E-state index contributed by atoms with van der Waals surface area (Å²) in [5, 5.41) is 9.38. The number of methoxy groups -OCH3 is 1. The molecule has 0 atom stereocenters. The van der Waals surface area contributed by atoms with Crippen LogP contribution in [0.3, 0.4) is 0 Å². The molecule has 3 nitrogen and oxygen atoms in total. The molecule has 1 aliphatic carbocycles. The van der Waals surface area contributed by atoms with E-state index in [2.05, 4.69) is 0 Å². The van der Waals surface area contributed by atoms with Crippen molar-refractivity contribution >= 4 is 17.7 Å². The van der Waals surface area contributed by atoms with Crippen molar-refractivity contribution in [3.8, 4) is 5.75 Å². The van der Waals surface area contributed by atoms with Crippen molar-refractivity contribution in [3.05, 3.63) is 29.8 Å². The lowest BCUT2D eigenvalue weighted by molar-refractivity contribution is -0.139. The average molecular weight is 266 g/mol. The Morgan fingerprint density at radius 1 is 1.33 bits per heavy atom. The highest BCUT2D eigenvalue weighted by molar-refractivity contribution is 8.00. The maximum Gasteiger partial charge on any atom is 0.319 e. The smallest absolute Gasteiger partial charge is 0.319 e. The van der Waals surface area contributed by atoms with Gasteiger partial charge < -0.3 is 9.84 Å². The molecule has 1 N–H and O–H groups in total. The van der Waals surface area contributed by atoms with Crippen LogP contribution in [0.1, 0.15) is 31.2 Å². The van der Waals surface area contributed by atoms with Crippen LogP contribution in [0.25, 0.3) is 0 Å². The molecular weight excluding hydrogens is 248 g/mol. The Labute approximate surface area is 112 Å². The quantitative estimate of drug-likeness (QED) is 0.888. The van der Waals surface area contributed by atoms with Crippen LogP contribution < -0.4 is 4.74 Å². The van der Waals surface area contributed by atoms with Gasteiger partial charge in [-0.25, -0.2) is 0 Å². The highest BCUT2D eigenvalue weighted by Gasteiger charge is 2.41. The summed E-state index contributed by atoms with van der Waals surface area (Å²) < 4.78 is 4.55. The molecular formula is C14H18O3S. The van der Waals surface area contributed by atoms with Gasteiger partial charge in [0.05, 0.1) is 7.11 Å². The summed E-state index contributed by atoms with van der Waals surface area (Å²) in [6, 6.07) is 7.82. The minimum atomic E-state index is -0.654. The number of ether oxygens (including phenoxy) is 1. The van der Waals surface area contributed by atoms with Crippen LogP contribution in [0.4, 0.5) is 0 Å². The standard InChI is InChI=1S/C14H18O3S/c1-17-12-6-4-11(5-7-12)10-18-14(13(15)16)8-2-3-9-14/h4-7H,2-3,8-10H2,1H3,(H,15,16). The number of carbonyl (C=O) groups is 1. The molecule has 0 aromatic heterocycles. The van der Waals surface area contributed by atoms with Crippen LogP contribution in [0.5, 0.6) is 5.75 Å². The van der Waals surface area contributed by atoms with E-state index in [1.165, 1.54) is 0 Å². The van der Waals surface area contributed by atoms with Gasteiger partial charge >= 0.3 is 5.97 Å². The number of thioether (sulfide) groups is 1. The Morgan fingerprint density at radius 2 is 1.94 bits per heavy atom. The van der Waals surface area contributed by atoms with E-state index in [0.717, 1.165) is 42.7 Å². The number of rotatable bonds is 5. The normalized spacial score (nSPS) is 17.6. The third-order valence-electron chi connectivity index (χ3n) is 3.48. The number of hydrogen-bond acceptors (Lipinski definition) is 3. The average Bonchev–Trinajstić information content (AvgIpc) is 2.87. The van der Waals surface area contributed by atoms with E-state index in [0.29, 0.717) is 0 Å². The second-order valence-electron chi connectivity index (χ2n) is 4.64. The molecule has 1 saturated carbocycles. The highest BCUT2D eigenvalue weighted by Crippen LogP contribution is 2.43. The lowest BCUT2D eigenvalue weighted by Crippen LogP contribution is -2.31. The van der Waals surface area contributed by atoms with Crippen LogP contribution in [0.2, 0.25) is 0 Å². The predicted molar refractivity (Wildman–Crippen MR) is 73.1 cm³/mol. The first-order chi connectivity index (χ1) is 8.66. The van der Waals surface area contributed by atoms with Gasteiger partial charge in [-0.2, -0.15) is 0 Å². The van der Waals surface area contributed by atoms with E-state index in [9.17, 15) is 9.90 Å². The minimum Gasteiger partial charge on any atom is -0.497 e. The van der Waals surface area contributed by atoms with E-state index in [4.69, 9.17) is 4.74 Å². The third kappa shape index (κ3) is 2.80. The van der Waals surface area contributed by atoms with E-state index in [-0.39, 0.29) is 0 Å². The summed E-state index contributed by atoms with van der Waals surface area (Å²) in [5.74, 6) is 0.923. The Balaban J connectivity index is 1.99. The van der Waals surface area contributed by atoms with Crippen molar-refractivity contribution in [2.24, 2.45) is 0 Å². The predicted octanol–water partition coefficient (Wildman–Crippen LogP) is 3.33. The zero-order valence-electron chi connectivity index (χ0n) is 10.5. The maximum atomic E-state index is 11.4. The molecule has 0 bridgehead atoms. The van der Waals surface area contributed by atoms with Crippen molar-refractivity contribution in [2.45, 2.75) is 36.2 Å². The third-order valence-corrected chi connectivity index (χ3v) is 5.09. The molecule has 0 spiro atoms. The first-order valence-electron chi connectivity index (χ1n) is 6.16. The molecule has 1 aromatic rings. The fraction of sp³-hybridized carbons (Fsp3) is 0.500. The lowest BCUT2D eigenvalue weighted by Gasteiger charge is -2.23. The van der Waals surface area contributed by atoms with Crippen LogP contribution in [0, 0.1) is 0 Å². The largest absolute Gasteiger partial charge is 0.497 e. The van der Waals surface area contributed by atoms with Crippen molar-refractivity contribution in [1.29, 1.82) is 0 Å². The number of hydrogen-bond donors (Lipinski definition) is 1. The van der Waals surface area contributed by atoms with Crippen molar-refractivity contribution in [3.63, 3.8) is 0 Å². The Bertz CT molecular complexity index is 408. The summed E-state index contributed by atoms with van der Waals surface area (Å²) in [6.07, 6.45) is 3.65. The van der Waals surface area contributed by atoms with Gasteiger partial charge in [0.1, 0.15) is 10.5 Å². The molecule has 18 heavy (non-hydrogen) atoms. The monoisotopic (exact) mass is 266 g/mol. The van der Waals surface area contributed by atoms with Crippen LogP contribution in [-0.4, -0.2) is 22.9 Å². The fourth-order valence-corrected chi connectivity index (χ4v) is 3.65.